The van der Waals surface area contributed by atoms with E-state index in [0.29, 0.717) is 5.57 Å². The standard InChI is InChI=1S/C14H11N7/c1-9-6-13(11-4-2-3-5-12(11)17-9)16-8-10(7-15)14-18-20-21-19-14/h2-6,8H,1H3,(H,16,17)(H,18,19,20,21). The van der Waals surface area contributed by atoms with Crippen molar-refractivity contribution in [2.75, 3.05) is 5.32 Å². The third-order valence-corrected chi connectivity index (χ3v) is 2.92. The number of nitrogens with one attached hydrogen (secondary N) is 2. The van der Waals surface area contributed by atoms with Crippen LogP contribution in [-0.4, -0.2) is 25.6 Å². The minimum atomic E-state index is 0.250. The number of hydrogen-bond donors (Lipinski definition) is 2. The summed E-state index contributed by atoms with van der Waals surface area (Å²) < 4.78 is 0. The fourth-order valence-electron chi connectivity index (χ4n) is 2.00. The summed E-state index contributed by atoms with van der Waals surface area (Å²) in [5, 5.41) is 26.6. The molecule has 0 bridgehead atoms. The van der Waals surface area contributed by atoms with Crippen molar-refractivity contribution in [3.8, 4) is 6.07 Å². The highest BCUT2D eigenvalue weighted by atomic mass is 15.5. The third-order valence-electron chi connectivity index (χ3n) is 2.92. The van der Waals surface area contributed by atoms with Crippen molar-refractivity contribution in [1.82, 2.24) is 25.6 Å². The molecule has 0 spiro atoms. The number of tetrazole rings is 1. The Balaban J connectivity index is 2.00. The molecule has 2 heterocycles. The normalized spacial score (nSPS) is 11.3. The number of nitriles is 1. The number of aromatic amines is 1. The van der Waals surface area contributed by atoms with E-state index in [1.165, 1.54) is 0 Å². The van der Waals surface area contributed by atoms with Gasteiger partial charge >= 0.3 is 0 Å². The average Bonchev–Trinajstić information content (AvgIpc) is 3.02. The number of fused-ring (bicyclic) bond motifs is 1. The van der Waals surface area contributed by atoms with Crippen molar-refractivity contribution in [2.45, 2.75) is 6.92 Å². The van der Waals surface area contributed by atoms with Crippen LogP contribution in [-0.2, 0) is 0 Å². The molecule has 3 rings (SSSR count). The minimum absolute atomic E-state index is 0.250. The summed E-state index contributed by atoms with van der Waals surface area (Å²) in [6.07, 6.45) is 1.56. The zero-order valence-electron chi connectivity index (χ0n) is 11.2. The van der Waals surface area contributed by atoms with Crippen molar-refractivity contribution < 1.29 is 0 Å². The zero-order valence-corrected chi connectivity index (χ0v) is 11.2. The van der Waals surface area contributed by atoms with Crippen molar-refractivity contribution in [2.24, 2.45) is 0 Å². The molecule has 0 amide bonds. The van der Waals surface area contributed by atoms with Gasteiger partial charge in [0, 0.05) is 23.0 Å². The largest absolute Gasteiger partial charge is 0.360 e. The maximum Gasteiger partial charge on any atom is 0.216 e. The number of aryl methyl sites for hydroxylation is 1. The predicted octanol–water partition coefficient (Wildman–Crippen LogP) is 2.03. The molecule has 0 aliphatic heterocycles. The number of rotatable bonds is 3. The van der Waals surface area contributed by atoms with Gasteiger partial charge in [0.2, 0.25) is 5.82 Å². The smallest absolute Gasteiger partial charge is 0.216 e. The molecule has 2 aromatic heterocycles. The summed E-state index contributed by atoms with van der Waals surface area (Å²) >= 11 is 0. The van der Waals surface area contributed by atoms with E-state index in [4.69, 9.17) is 5.26 Å². The van der Waals surface area contributed by atoms with Gasteiger partial charge in [0.15, 0.2) is 0 Å². The number of H-pyrrole nitrogens is 1. The van der Waals surface area contributed by atoms with Gasteiger partial charge in [-0.05, 0) is 24.3 Å². The SMILES string of the molecule is Cc1cc(NC=C(C#N)c2nn[nH]n2)c2ccccc2n1. The Morgan fingerprint density at radius 2 is 2.24 bits per heavy atom. The predicted molar refractivity (Wildman–Crippen MR) is 77.9 cm³/mol. The van der Waals surface area contributed by atoms with Crippen LogP contribution in [0.2, 0.25) is 0 Å². The lowest BCUT2D eigenvalue weighted by molar-refractivity contribution is 0.881. The Bertz CT molecular complexity index is 843. The summed E-state index contributed by atoms with van der Waals surface area (Å²) in [6, 6.07) is 11.8. The second-order valence-electron chi connectivity index (χ2n) is 4.38. The summed E-state index contributed by atoms with van der Waals surface area (Å²) in [5.41, 5.74) is 2.95. The van der Waals surface area contributed by atoms with Crippen LogP contribution >= 0.6 is 0 Å². The first-order chi connectivity index (χ1) is 10.3. The number of para-hydroxylation sites is 1. The number of benzene rings is 1. The van der Waals surface area contributed by atoms with Crippen LogP contribution in [0.5, 0.6) is 0 Å². The maximum absolute atomic E-state index is 9.15. The van der Waals surface area contributed by atoms with E-state index in [0.717, 1.165) is 22.3 Å². The molecule has 0 saturated carbocycles. The van der Waals surface area contributed by atoms with Crippen LogP contribution in [0.25, 0.3) is 16.5 Å². The van der Waals surface area contributed by atoms with Crippen LogP contribution < -0.4 is 5.32 Å². The average molecular weight is 277 g/mol. The molecule has 0 radical (unpaired) electrons. The second-order valence-corrected chi connectivity index (χ2v) is 4.38. The summed E-state index contributed by atoms with van der Waals surface area (Å²) in [7, 11) is 0. The fraction of sp³-hybridized carbons (Fsp3) is 0.0714. The monoisotopic (exact) mass is 277 g/mol. The van der Waals surface area contributed by atoms with E-state index in [2.05, 4.69) is 30.9 Å². The van der Waals surface area contributed by atoms with E-state index in [-0.39, 0.29) is 5.82 Å². The molecular formula is C14H11N7. The Morgan fingerprint density at radius 1 is 1.38 bits per heavy atom. The van der Waals surface area contributed by atoms with Gasteiger partial charge in [0.05, 0.1) is 5.52 Å². The third kappa shape index (κ3) is 2.55. The van der Waals surface area contributed by atoms with Gasteiger partial charge < -0.3 is 5.32 Å². The van der Waals surface area contributed by atoms with Crippen molar-refractivity contribution in [3.05, 3.63) is 48.1 Å². The Hall–Kier alpha value is -3.27. The highest BCUT2D eigenvalue weighted by Gasteiger charge is 2.07. The molecule has 0 aliphatic rings. The number of aromatic nitrogens is 5. The van der Waals surface area contributed by atoms with Gasteiger partial charge in [-0.15, -0.1) is 10.2 Å². The van der Waals surface area contributed by atoms with Crippen LogP contribution in [0.1, 0.15) is 11.5 Å². The highest BCUT2D eigenvalue weighted by Crippen LogP contribution is 2.23. The lowest BCUT2D eigenvalue weighted by atomic mass is 10.1. The molecule has 0 atom stereocenters. The number of allylic oxidation sites excluding steroid dienone is 1. The van der Waals surface area contributed by atoms with Gasteiger partial charge in [-0.3, -0.25) is 4.98 Å². The summed E-state index contributed by atoms with van der Waals surface area (Å²) in [4.78, 5) is 4.47. The maximum atomic E-state index is 9.15. The molecule has 7 heteroatoms. The van der Waals surface area contributed by atoms with Gasteiger partial charge in [0.25, 0.3) is 0 Å². The number of hydrogen-bond acceptors (Lipinski definition) is 6. The minimum Gasteiger partial charge on any atom is -0.360 e. The molecule has 0 aliphatic carbocycles. The quantitative estimate of drug-likeness (QED) is 0.710. The van der Waals surface area contributed by atoms with E-state index >= 15 is 0 Å². The second kappa shape index (κ2) is 5.38. The molecule has 0 saturated heterocycles. The molecule has 1 aromatic carbocycles. The topological polar surface area (TPSA) is 103 Å². The van der Waals surface area contributed by atoms with Crippen LogP contribution in [0.15, 0.2) is 36.5 Å². The van der Waals surface area contributed by atoms with E-state index < -0.39 is 0 Å². The fourth-order valence-corrected chi connectivity index (χ4v) is 2.00. The zero-order chi connectivity index (χ0) is 14.7. The number of anilines is 1. The summed E-state index contributed by atoms with van der Waals surface area (Å²) in [5.74, 6) is 0.250. The molecule has 2 N–H and O–H groups in total. The molecule has 3 aromatic rings. The van der Waals surface area contributed by atoms with E-state index in [1.807, 2.05) is 43.3 Å². The molecule has 0 fully saturated rings. The van der Waals surface area contributed by atoms with Crippen molar-refractivity contribution in [3.63, 3.8) is 0 Å². The highest BCUT2D eigenvalue weighted by molar-refractivity contribution is 5.92. The van der Waals surface area contributed by atoms with Crippen LogP contribution in [0.3, 0.4) is 0 Å². The van der Waals surface area contributed by atoms with E-state index in [1.54, 1.807) is 6.20 Å². The lowest BCUT2D eigenvalue weighted by Gasteiger charge is -2.07. The van der Waals surface area contributed by atoms with Crippen molar-refractivity contribution >= 4 is 22.2 Å². The van der Waals surface area contributed by atoms with Crippen LogP contribution in [0, 0.1) is 18.3 Å². The lowest BCUT2D eigenvalue weighted by Crippen LogP contribution is -1.96. The van der Waals surface area contributed by atoms with Crippen LogP contribution in [0.4, 0.5) is 5.69 Å². The molecule has 21 heavy (non-hydrogen) atoms. The van der Waals surface area contributed by atoms with Gasteiger partial charge in [-0.1, -0.05) is 18.2 Å². The van der Waals surface area contributed by atoms with Gasteiger partial charge in [0.1, 0.15) is 11.6 Å². The molecule has 7 nitrogen and oxygen atoms in total. The number of nitrogens with zero attached hydrogens (tertiary/aromatic N) is 5. The van der Waals surface area contributed by atoms with Crippen molar-refractivity contribution in [1.29, 1.82) is 5.26 Å². The van der Waals surface area contributed by atoms with Gasteiger partial charge in [-0.2, -0.15) is 10.5 Å². The Morgan fingerprint density at radius 3 is 3.00 bits per heavy atom. The Labute approximate surface area is 120 Å². The van der Waals surface area contributed by atoms with Gasteiger partial charge in [-0.25, -0.2) is 0 Å². The molecular weight excluding hydrogens is 266 g/mol. The summed E-state index contributed by atoms with van der Waals surface area (Å²) in [6.45, 7) is 1.92. The number of pyridine rings is 1. The first-order valence-electron chi connectivity index (χ1n) is 6.25. The first kappa shape index (κ1) is 12.7. The Kier molecular flexibility index (Phi) is 3.27. The molecule has 0 unspecified atom stereocenters. The van der Waals surface area contributed by atoms with E-state index in [9.17, 15) is 0 Å². The molecule has 102 valence electrons. The first-order valence-corrected chi connectivity index (χ1v) is 6.25.